The average molecular weight is 307 g/mol. The van der Waals surface area contributed by atoms with Gasteiger partial charge in [-0.3, -0.25) is 10.1 Å². The third-order valence-corrected chi connectivity index (χ3v) is 3.90. The molecule has 0 atom stereocenters. The van der Waals surface area contributed by atoms with Gasteiger partial charge in [0.05, 0.1) is 11.2 Å². The first-order chi connectivity index (χ1) is 11.3. The van der Waals surface area contributed by atoms with E-state index < -0.39 is 0 Å². The molecule has 23 heavy (non-hydrogen) atoms. The lowest BCUT2D eigenvalue weighted by Gasteiger charge is -2.02. The third-order valence-electron chi connectivity index (χ3n) is 3.90. The third kappa shape index (κ3) is 2.52. The van der Waals surface area contributed by atoms with Gasteiger partial charge in [-0.2, -0.15) is 5.10 Å². The van der Waals surface area contributed by atoms with Crippen LogP contribution in [0.1, 0.15) is 25.5 Å². The van der Waals surface area contributed by atoms with Crippen LogP contribution in [0.4, 0.5) is 11.5 Å². The summed E-state index contributed by atoms with van der Waals surface area (Å²) in [6.45, 7) is 2.17. The van der Waals surface area contributed by atoms with Crippen LogP contribution in [0.25, 0.3) is 22.0 Å². The number of benzene rings is 1. The zero-order valence-electron chi connectivity index (χ0n) is 12.8. The van der Waals surface area contributed by atoms with E-state index in [0.717, 1.165) is 52.6 Å². The number of hydrogen-bond donors (Lipinski definition) is 2. The predicted molar refractivity (Wildman–Crippen MR) is 89.8 cm³/mol. The largest absolute Gasteiger partial charge is 0.356 e. The van der Waals surface area contributed by atoms with Gasteiger partial charge in [-0.25, -0.2) is 0 Å². The Kier molecular flexibility index (Phi) is 3.42. The van der Waals surface area contributed by atoms with Crippen LogP contribution < -0.4 is 5.32 Å². The van der Waals surface area contributed by atoms with Gasteiger partial charge in [0, 0.05) is 23.3 Å². The van der Waals surface area contributed by atoms with E-state index in [2.05, 4.69) is 32.6 Å². The second-order valence-corrected chi connectivity index (χ2v) is 5.54. The first-order valence-electron chi connectivity index (χ1n) is 7.79. The minimum Gasteiger partial charge on any atom is -0.356 e. The second-order valence-electron chi connectivity index (χ2n) is 5.54. The molecule has 0 saturated carbocycles. The monoisotopic (exact) mass is 307 g/mol. The van der Waals surface area contributed by atoms with Gasteiger partial charge in [-0.1, -0.05) is 18.5 Å². The van der Waals surface area contributed by atoms with Crippen molar-refractivity contribution in [3.8, 4) is 0 Å². The van der Waals surface area contributed by atoms with E-state index in [1.165, 1.54) is 0 Å². The normalized spacial score (nSPS) is 11.3. The van der Waals surface area contributed by atoms with Gasteiger partial charge < -0.3 is 9.84 Å². The Morgan fingerprint density at radius 2 is 2.22 bits per heavy atom. The van der Waals surface area contributed by atoms with Crippen molar-refractivity contribution in [2.75, 3.05) is 5.32 Å². The zero-order chi connectivity index (χ0) is 15.6. The first kappa shape index (κ1) is 13.8. The van der Waals surface area contributed by atoms with Crippen LogP contribution in [-0.2, 0) is 6.42 Å². The molecule has 0 fully saturated rings. The van der Waals surface area contributed by atoms with E-state index in [-0.39, 0.29) is 0 Å². The number of pyridine rings is 1. The van der Waals surface area contributed by atoms with Crippen molar-refractivity contribution < 1.29 is 4.52 Å². The molecule has 0 radical (unpaired) electrons. The predicted octanol–water partition coefficient (Wildman–Crippen LogP) is 4.19. The summed E-state index contributed by atoms with van der Waals surface area (Å²) in [4.78, 5) is 4.35. The van der Waals surface area contributed by atoms with Crippen molar-refractivity contribution in [3.05, 3.63) is 42.2 Å². The highest BCUT2D eigenvalue weighted by Gasteiger charge is 2.10. The number of hydrogen-bond acceptors (Lipinski definition) is 5. The number of H-pyrrole nitrogens is 1. The van der Waals surface area contributed by atoms with Gasteiger partial charge in [0.1, 0.15) is 5.52 Å². The highest BCUT2D eigenvalue weighted by atomic mass is 16.5. The summed E-state index contributed by atoms with van der Waals surface area (Å²) >= 11 is 0. The van der Waals surface area contributed by atoms with Crippen LogP contribution in [-0.4, -0.2) is 20.3 Å². The second kappa shape index (κ2) is 5.72. The maximum Gasteiger partial charge on any atom is 0.178 e. The Hall–Kier alpha value is -2.89. The van der Waals surface area contributed by atoms with Crippen molar-refractivity contribution in [1.29, 1.82) is 0 Å². The number of aromatic amines is 1. The number of aryl methyl sites for hydroxylation is 1. The lowest BCUT2D eigenvalue weighted by molar-refractivity contribution is 0.444. The summed E-state index contributed by atoms with van der Waals surface area (Å²) < 4.78 is 5.46. The molecule has 0 spiro atoms. The lowest BCUT2D eigenvalue weighted by Crippen LogP contribution is -1.92. The SMILES string of the molecule is CCCCc1noc2cc(Nc3n[nH]c4cccnc34)ccc12. The van der Waals surface area contributed by atoms with E-state index in [0.29, 0.717) is 5.82 Å². The molecule has 0 aliphatic heterocycles. The highest BCUT2D eigenvalue weighted by molar-refractivity contribution is 5.89. The minimum atomic E-state index is 0.700. The molecule has 2 N–H and O–H groups in total. The van der Waals surface area contributed by atoms with Crippen molar-refractivity contribution in [2.45, 2.75) is 26.2 Å². The van der Waals surface area contributed by atoms with Crippen LogP contribution in [0.3, 0.4) is 0 Å². The number of nitrogens with one attached hydrogen (secondary N) is 2. The summed E-state index contributed by atoms with van der Waals surface area (Å²) in [6.07, 6.45) is 4.96. The number of rotatable bonds is 5. The molecule has 6 nitrogen and oxygen atoms in total. The van der Waals surface area contributed by atoms with Crippen molar-refractivity contribution >= 4 is 33.5 Å². The molecule has 116 valence electrons. The van der Waals surface area contributed by atoms with E-state index >= 15 is 0 Å². The number of unbranched alkanes of at least 4 members (excludes halogenated alkanes) is 1. The van der Waals surface area contributed by atoms with Crippen LogP contribution in [0.5, 0.6) is 0 Å². The van der Waals surface area contributed by atoms with Crippen molar-refractivity contribution in [2.24, 2.45) is 0 Å². The maximum atomic E-state index is 5.46. The van der Waals surface area contributed by atoms with E-state index in [1.54, 1.807) is 6.20 Å². The summed E-state index contributed by atoms with van der Waals surface area (Å²) in [5.41, 5.74) is 4.43. The van der Waals surface area contributed by atoms with Crippen LogP contribution in [0.15, 0.2) is 41.1 Å². The topological polar surface area (TPSA) is 79.6 Å². The molecule has 0 unspecified atom stereocenters. The molecule has 3 heterocycles. The standard InChI is InChI=1S/C17H17N5O/c1-2-3-5-13-12-8-7-11(10-15(12)23-22-13)19-17-16-14(20-21-17)6-4-9-18-16/h4,6-10H,2-3,5H2,1H3,(H2,19,20,21). The summed E-state index contributed by atoms with van der Waals surface area (Å²) in [6, 6.07) is 9.82. The molecule has 0 aliphatic carbocycles. The molecule has 0 amide bonds. The van der Waals surface area contributed by atoms with Crippen LogP contribution in [0, 0.1) is 0 Å². The molecule has 3 aromatic heterocycles. The van der Waals surface area contributed by atoms with Crippen molar-refractivity contribution in [3.63, 3.8) is 0 Å². The smallest absolute Gasteiger partial charge is 0.178 e. The highest BCUT2D eigenvalue weighted by Crippen LogP contribution is 2.27. The average Bonchev–Trinajstić information content (AvgIpc) is 3.17. The molecule has 0 bridgehead atoms. The Morgan fingerprint density at radius 3 is 3.13 bits per heavy atom. The van der Waals surface area contributed by atoms with Crippen LogP contribution >= 0.6 is 0 Å². The van der Waals surface area contributed by atoms with Gasteiger partial charge >= 0.3 is 0 Å². The minimum absolute atomic E-state index is 0.700. The van der Waals surface area contributed by atoms with Crippen molar-refractivity contribution in [1.82, 2.24) is 20.3 Å². The fraction of sp³-hybridized carbons (Fsp3) is 0.235. The summed E-state index contributed by atoms with van der Waals surface area (Å²) in [7, 11) is 0. The van der Waals surface area contributed by atoms with E-state index in [4.69, 9.17) is 4.52 Å². The fourth-order valence-electron chi connectivity index (χ4n) is 2.67. The first-order valence-corrected chi connectivity index (χ1v) is 7.79. The van der Waals surface area contributed by atoms with Gasteiger partial charge in [-0.15, -0.1) is 0 Å². The van der Waals surface area contributed by atoms with E-state index in [9.17, 15) is 0 Å². The van der Waals surface area contributed by atoms with Gasteiger partial charge in [0.2, 0.25) is 0 Å². The van der Waals surface area contributed by atoms with E-state index in [1.807, 2.05) is 30.3 Å². The van der Waals surface area contributed by atoms with Gasteiger partial charge in [0.15, 0.2) is 11.4 Å². The summed E-state index contributed by atoms with van der Waals surface area (Å²) in [5, 5.41) is 15.8. The quantitative estimate of drug-likeness (QED) is 0.578. The molecule has 0 saturated heterocycles. The van der Waals surface area contributed by atoms with Gasteiger partial charge in [0.25, 0.3) is 0 Å². The number of fused-ring (bicyclic) bond motifs is 2. The molecule has 1 aromatic carbocycles. The number of nitrogens with zero attached hydrogens (tertiary/aromatic N) is 3. The molecular weight excluding hydrogens is 290 g/mol. The van der Waals surface area contributed by atoms with Crippen LogP contribution in [0.2, 0.25) is 0 Å². The Labute approximate surface area is 132 Å². The molecule has 4 aromatic rings. The zero-order valence-corrected chi connectivity index (χ0v) is 12.8. The fourth-order valence-corrected chi connectivity index (χ4v) is 2.67. The number of anilines is 2. The van der Waals surface area contributed by atoms with Gasteiger partial charge in [-0.05, 0) is 37.1 Å². The maximum absolute atomic E-state index is 5.46. The Bertz CT molecular complexity index is 956. The molecular formula is C17H17N5O. The number of aromatic nitrogens is 4. The molecule has 0 aliphatic rings. The lowest BCUT2D eigenvalue weighted by atomic mass is 10.1. The molecule has 4 rings (SSSR count). The summed E-state index contributed by atoms with van der Waals surface area (Å²) in [5.74, 6) is 0.700. The Balaban J connectivity index is 1.64. The Morgan fingerprint density at radius 1 is 1.26 bits per heavy atom. The molecule has 6 heteroatoms.